The van der Waals surface area contributed by atoms with Crippen LogP contribution < -0.4 is 0 Å². The number of phenols is 1. The number of hydrogen-bond donors (Lipinski definition) is 2. The number of hydrogen-bond acceptors (Lipinski definition) is 2. The Morgan fingerprint density at radius 2 is 1.93 bits per heavy atom. The van der Waals surface area contributed by atoms with E-state index in [0.29, 0.717) is 0 Å². The van der Waals surface area contributed by atoms with Crippen molar-refractivity contribution in [3.63, 3.8) is 0 Å². The van der Waals surface area contributed by atoms with Crippen LogP contribution >= 0.6 is 0 Å². The van der Waals surface area contributed by atoms with Gasteiger partial charge in [-0.05, 0) is 32.4 Å². The molecule has 2 heteroatoms. The fourth-order valence-electron chi connectivity index (χ4n) is 1.09. The third-order valence-electron chi connectivity index (χ3n) is 1.86. The predicted octanol–water partition coefficient (Wildman–Crippen LogP) is 2.48. The summed E-state index contributed by atoms with van der Waals surface area (Å²) in [5.41, 5.74) is 0.887. The Morgan fingerprint density at radius 3 is 2.43 bits per heavy atom. The van der Waals surface area contributed by atoms with Crippen molar-refractivity contribution in [1.29, 1.82) is 0 Å². The molecule has 0 aliphatic heterocycles. The molecule has 0 atom stereocenters. The highest BCUT2D eigenvalue weighted by molar-refractivity contribution is 5.58. The fraction of sp³-hybridized carbons (Fsp3) is 0.333. The monoisotopic (exact) mass is 192 g/mol. The minimum absolute atomic E-state index is 0.241. The molecule has 0 bridgehead atoms. The summed E-state index contributed by atoms with van der Waals surface area (Å²) >= 11 is 0. The van der Waals surface area contributed by atoms with E-state index in [1.807, 2.05) is 19.1 Å². The van der Waals surface area contributed by atoms with Gasteiger partial charge < -0.3 is 10.2 Å². The van der Waals surface area contributed by atoms with Crippen LogP contribution in [0.15, 0.2) is 24.3 Å². The average molecular weight is 192 g/mol. The molecule has 0 spiro atoms. The van der Waals surface area contributed by atoms with Gasteiger partial charge in [-0.3, -0.25) is 0 Å². The Hall–Kier alpha value is -1.28. The van der Waals surface area contributed by atoms with Crippen molar-refractivity contribution in [3.05, 3.63) is 35.4 Å². The van der Waals surface area contributed by atoms with Crippen LogP contribution in [-0.2, 0) is 0 Å². The first-order valence-corrected chi connectivity index (χ1v) is 4.60. The molecule has 0 unspecified atom stereocenters. The molecule has 14 heavy (non-hydrogen) atoms. The summed E-state index contributed by atoms with van der Waals surface area (Å²) in [7, 11) is 0. The highest BCUT2D eigenvalue weighted by Crippen LogP contribution is 2.20. The molecule has 0 amide bonds. The van der Waals surface area contributed by atoms with Crippen LogP contribution in [0.1, 0.15) is 25.0 Å². The van der Waals surface area contributed by atoms with Gasteiger partial charge in [0, 0.05) is 5.56 Å². The van der Waals surface area contributed by atoms with E-state index in [4.69, 9.17) is 0 Å². The largest absolute Gasteiger partial charge is 0.507 e. The van der Waals surface area contributed by atoms with E-state index in [1.165, 1.54) is 0 Å². The maximum Gasteiger partial charge on any atom is 0.123 e. The summed E-state index contributed by atoms with van der Waals surface area (Å²) in [6, 6.07) is 5.45. The normalized spacial score (nSPS) is 12.3. The number of phenolic OH excluding ortho intramolecular Hbond substituents is 1. The Bertz CT molecular complexity index is 346. The fourth-order valence-corrected chi connectivity index (χ4v) is 1.09. The van der Waals surface area contributed by atoms with Gasteiger partial charge in [-0.1, -0.05) is 24.3 Å². The van der Waals surface area contributed by atoms with Gasteiger partial charge in [-0.15, -0.1) is 0 Å². The van der Waals surface area contributed by atoms with Crippen molar-refractivity contribution in [3.8, 4) is 5.75 Å². The molecule has 0 saturated carbocycles. The molecule has 0 aliphatic carbocycles. The first kappa shape index (κ1) is 10.8. The molecular weight excluding hydrogens is 176 g/mol. The van der Waals surface area contributed by atoms with Gasteiger partial charge in [-0.2, -0.15) is 0 Å². The second-order valence-corrected chi connectivity index (χ2v) is 4.05. The van der Waals surface area contributed by atoms with Crippen LogP contribution in [0.5, 0.6) is 5.75 Å². The van der Waals surface area contributed by atoms with Gasteiger partial charge in [-0.25, -0.2) is 0 Å². The van der Waals surface area contributed by atoms with Gasteiger partial charge in [0.05, 0.1) is 5.60 Å². The van der Waals surface area contributed by atoms with E-state index in [2.05, 4.69) is 0 Å². The molecule has 1 aromatic carbocycles. The molecule has 0 fully saturated rings. The Balaban J connectivity index is 2.93. The number of rotatable bonds is 2. The summed E-state index contributed by atoms with van der Waals surface area (Å²) in [6.45, 7) is 5.30. The smallest absolute Gasteiger partial charge is 0.123 e. The average Bonchev–Trinajstić information content (AvgIpc) is 2.00. The van der Waals surface area contributed by atoms with E-state index in [-0.39, 0.29) is 5.75 Å². The van der Waals surface area contributed by atoms with E-state index in [0.717, 1.165) is 11.1 Å². The van der Waals surface area contributed by atoms with Crippen molar-refractivity contribution >= 4 is 6.08 Å². The van der Waals surface area contributed by atoms with Crippen molar-refractivity contribution < 1.29 is 10.2 Å². The highest BCUT2D eigenvalue weighted by atomic mass is 16.3. The van der Waals surface area contributed by atoms with Crippen LogP contribution in [0.2, 0.25) is 0 Å². The van der Waals surface area contributed by atoms with Crippen molar-refractivity contribution in [1.82, 2.24) is 0 Å². The van der Waals surface area contributed by atoms with Gasteiger partial charge in [0.25, 0.3) is 0 Å². The number of aryl methyl sites for hydroxylation is 1. The maximum absolute atomic E-state index is 9.56. The van der Waals surface area contributed by atoms with E-state index >= 15 is 0 Å². The summed E-state index contributed by atoms with van der Waals surface area (Å²) in [4.78, 5) is 0. The Labute approximate surface area is 84.5 Å². The van der Waals surface area contributed by atoms with Crippen LogP contribution in [0, 0.1) is 6.92 Å². The quantitative estimate of drug-likeness (QED) is 0.755. The van der Waals surface area contributed by atoms with Gasteiger partial charge >= 0.3 is 0 Å². The molecule has 0 aliphatic rings. The molecule has 76 valence electrons. The molecule has 1 rings (SSSR count). The van der Waals surface area contributed by atoms with Crippen LogP contribution in [0.25, 0.3) is 6.08 Å². The lowest BCUT2D eigenvalue weighted by molar-refractivity contribution is 0.134. The van der Waals surface area contributed by atoms with Crippen LogP contribution in [-0.4, -0.2) is 15.8 Å². The predicted molar refractivity (Wildman–Crippen MR) is 58.2 cm³/mol. The molecule has 0 heterocycles. The van der Waals surface area contributed by atoms with E-state index in [1.54, 1.807) is 32.1 Å². The first-order chi connectivity index (χ1) is 6.38. The summed E-state index contributed by atoms with van der Waals surface area (Å²) in [5.74, 6) is 0.241. The second kappa shape index (κ2) is 3.84. The molecular formula is C12H16O2. The van der Waals surface area contributed by atoms with E-state index < -0.39 is 5.60 Å². The van der Waals surface area contributed by atoms with Gasteiger partial charge in [0.2, 0.25) is 0 Å². The maximum atomic E-state index is 9.56. The summed E-state index contributed by atoms with van der Waals surface area (Å²) in [6.07, 6.45) is 3.37. The lowest BCUT2D eigenvalue weighted by Crippen LogP contribution is -2.13. The molecule has 2 nitrogen and oxygen atoms in total. The zero-order valence-electron chi connectivity index (χ0n) is 8.78. The minimum Gasteiger partial charge on any atom is -0.507 e. The highest BCUT2D eigenvalue weighted by Gasteiger charge is 2.06. The minimum atomic E-state index is -0.850. The third-order valence-corrected chi connectivity index (χ3v) is 1.86. The molecule has 1 aromatic rings. The molecule has 2 N–H and O–H groups in total. The van der Waals surface area contributed by atoms with Crippen LogP contribution in [0.3, 0.4) is 0 Å². The molecule has 0 saturated heterocycles. The van der Waals surface area contributed by atoms with Crippen molar-refractivity contribution in [2.45, 2.75) is 26.4 Å². The van der Waals surface area contributed by atoms with Gasteiger partial charge in [0.1, 0.15) is 5.75 Å². The lowest BCUT2D eigenvalue weighted by atomic mass is 10.1. The topological polar surface area (TPSA) is 40.5 Å². The lowest BCUT2D eigenvalue weighted by Gasteiger charge is -2.10. The zero-order valence-corrected chi connectivity index (χ0v) is 8.78. The number of benzene rings is 1. The second-order valence-electron chi connectivity index (χ2n) is 4.05. The zero-order chi connectivity index (χ0) is 10.8. The summed E-state index contributed by atoms with van der Waals surface area (Å²) < 4.78 is 0. The summed E-state index contributed by atoms with van der Waals surface area (Å²) in [5, 5.41) is 19.0. The van der Waals surface area contributed by atoms with Crippen LogP contribution in [0.4, 0.5) is 0 Å². The SMILES string of the molecule is Cc1ccc(/C=C\C(C)(C)O)c(O)c1. The van der Waals surface area contributed by atoms with Crippen molar-refractivity contribution in [2.24, 2.45) is 0 Å². The molecule has 0 radical (unpaired) electrons. The van der Waals surface area contributed by atoms with E-state index in [9.17, 15) is 10.2 Å². The van der Waals surface area contributed by atoms with Gasteiger partial charge in [0.15, 0.2) is 0 Å². The first-order valence-electron chi connectivity index (χ1n) is 4.60. The molecule has 0 aromatic heterocycles. The standard InChI is InChI=1S/C12H16O2/c1-9-4-5-10(11(13)8-9)6-7-12(2,3)14/h4-8,13-14H,1-3H3/b7-6-. The third kappa shape index (κ3) is 3.23. The Morgan fingerprint density at radius 1 is 1.29 bits per heavy atom. The Kier molecular flexibility index (Phi) is 2.96. The number of aliphatic hydroxyl groups is 1. The number of aromatic hydroxyl groups is 1. The van der Waals surface area contributed by atoms with Crippen molar-refractivity contribution in [2.75, 3.05) is 0 Å².